The lowest BCUT2D eigenvalue weighted by molar-refractivity contribution is -0.142. The molecule has 5 heteroatoms. The summed E-state index contributed by atoms with van der Waals surface area (Å²) in [7, 11) is 4.48. The van der Waals surface area contributed by atoms with Gasteiger partial charge in [0.1, 0.15) is 12.3 Å². The molecule has 0 spiro atoms. The van der Waals surface area contributed by atoms with Gasteiger partial charge in [-0.1, -0.05) is 0 Å². The van der Waals surface area contributed by atoms with Gasteiger partial charge >= 0.3 is 5.97 Å². The Bertz CT molecular complexity index is 127. The van der Waals surface area contributed by atoms with Crippen molar-refractivity contribution in [3.8, 4) is 0 Å². The second-order valence-corrected chi connectivity index (χ2v) is 1.94. The first-order valence-corrected chi connectivity index (χ1v) is 3.31. The Balaban J connectivity index is 0. The van der Waals surface area contributed by atoms with Crippen molar-refractivity contribution in [1.82, 2.24) is 0 Å². The standard InChI is InChI=1S/C5H9NO3.C2H6O/c1-9-5(8)4(6)2-3-7;1-3-2/h3-4H,2,6H2,1H3;1-2H3. The normalized spacial score (nSPS) is 10.7. The first-order valence-electron chi connectivity index (χ1n) is 3.31. The van der Waals surface area contributed by atoms with E-state index in [4.69, 9.17) is 5.73 Å². The molecule has 0 aromatic carbocycles. The lowest BCUT2D eigenvalue weighted by atomic mass is 10.2. The number of rotatable bonds is 3. The second-order valence-electron chi connectivity index (χ2n) is 1.94. The Kier molecular flexibility index (Phi) is 11.4. The van der Waals surface area contributed by atoms with Crippen molar-refractivity contribution in [2.24, 2.45) is 5.73 Å². The molecule has 0 heterocycles. The quantitative estimate of drug-likeness (QED) is 0.457. The number of aldehydes is 1. The number of carbonyl (C=O) groups excluding carboxylic acids is 2. The summed E-state index contributed by atoms with van der Waals surface area (Å²) < 4.78 is 8.49. The molecule has 2 N–H and O–H groups in total. The highest BCUT2D eigenvalue weighted by atomic mass is 16.5. The minimum atomic E-state index is -0.799. The van der Waals surface area contributed by atoms with Gasteiger partial charge in [-0.25, -0.2) is 0 Å². The van der Waals surface area contributed by atoms with Crippen LogP contribution in [-0.4, -0.2) is 39.6 Å². The van der Waals surface area contributed by atoms with Crippen molar-refractivity contribution >= 4 is 12.3 Å². The number of carbonyl (C=O) groups is 2. The summed E-state index contributed by atoms with van der Waals surface area (Å²) in [6, 6.07) is -0.799. The fourth-order valence-corrected chi connectivity index (χ4v) is 0.351. The lowest BCUT2D eigenvalue weighted by Gasteiger charge is -2.02. The van der Waals surface area contributed by atoms with Gasteiger partial charge in [-0.3, -0.25) is 4.79 Å². The molecule has 0 radical (unpaired) electrons. The number of methoxy groups -OCH3 is 2. The highest BCUT2D eigenvalue weighted by Gasteiger charge is 2.11. The molecule has 0 aromatic rings. The zero-order chi connectivity index (χ0) is 9.98. The van der Waals surface area contributed by atoms with E-state index in [-0.39, 0.29) is 6.42 Å². The molecule has 5 nitrogen and oxygen atoms in total. The Morgan fingerprint density at radius 2 is 1.92 bits per heavy atom. The summed E-state index contributed by atoms with van der Waals surface area (Å²) in [6.07, 6.45) is 0.605. The summed E-state index contributed by atoms with van der Waals surface area (Å²) in [4.78, 5) is 20.1. The molecule has 0 bridgehead atoms. The number of hydrogen-bond acceptors (Lipinski definition) is 5. The SMILES string of the molecule is COC.COC(=O)C(N)CC=O. The Morgan fingerprint density at radius 1 is 1.50 bits per heavy atom. The van der Waals surface area contributed by atoms with E-state index in [1.807, 2.05) is 0 Å². The molecule has 0 fully saturated rings. The van der Waals surface area contributed by atoms with Gasteiger partial charge < -0.3 is 20.0 Å². The van der Waals surface area contributed by atoms with Gasteiger partial charge in [0.05, 0.1) is 7.11 Å². The molecule has 0 saturated carbocycles. The third kappa shape index (κ3) is 9.06. The summed E-state index contributed by atoms with van der Waals surface area (Å²) in [5.41, 5.74) is 5.13. The number of nitrogens with two attached hydrogens (primary N) is 1. The van der Waals surface area contributed by atoms with E-state index in [2.05, 4.69) is 9.47 Å². The third-order valence-electron chi connectivity index (χ3n) is 0.854. The molecule has 72 valence electrons. The van der Waals surface area contributed by atoms with Crippen molar-refractivity contribution in [2.45, 2.75) is 12.5 Å². The van der Waals surface area contributed by atoms with Crippen LogP contribution in [0.1, 0.15) is 6.42 Å². The smallest absolute Gasteiger partial charge is 0.323 e. The van der Waals surface area contributed by atoms with Gasteiger partial charge in [0, 0.05) is 20.6 Å². The molecule has 0 saturated heterocycles. The van der Waals surface area contributed by atoms with Crippen LogP contribution in [0.2, 0.25) is 0 Å². The minimum Gasteiger partial charge on any atom is -0.468 e. The lowest BCUT2D eigenvalue weighted by Crippen LogP contribution is -2.31. The summed E-state index contributed by atoms with van der Waals surface area (Å²) in [6.45, 7) is 0. The molecule has 1 unspecified atom stereocenters. The van der Waals surface area contributed by atoms with Crippen LogP contribution in [0.3, 0.4) is 0 Å². The van der Waals surface area contributed by atoms with E-state index in [0.717, 1.165) is 0 Å². The number of hydrogen-bond donors (Lipinski definition) is 1. The van der Waals surface area contributed by atoms with Crippen LogP contribution in [0.4, 0.5) is 0 Å². The Labute approximate surface area is 71.8 Å². The van der Waals surface area contributed by atoms with Crippen LogP contribution >= 0.6 is 0 Å². The molecule has 1 atom stereocenters. The summed E-state index contributed by atoms with van der Waals surface area (Å²) in [5, 5.41) is 0. The average molecular weight is 177 g/mol. The molecular weight excluding hydrogens is 162 g/mol. The van der Waals surface area contributed by atoms with Crippen molar-refractivity contribution in [3.05, 3.63) is 0 Å². The van der Waals surface area contributed by atoms with Crippen LogP contribution in [0.15, 0.2) is 0 Å². The van der Waals surface area contributed by atoms with Crippen LogP contribution in [0.25, 0.3) is 0 Å². The maximum absolute atomic E-state index is 10.4. The highest BCUT2D eigenvalue weighted by Crippen LogP contribution is 1.85. The van der Waals surface area contributed by atoms with Crippen molar-refractivity contribution in [3.63, 3.8) is 0 Å². The van der Waals surface area contributed by atoms with Crippen molar-refractivity contribution in [1.29, 1.82) is 0 Å². The van der Waals surface area contributed by atoms with Gasteiger partial charge in [0.15, 0.2) is 0 Å². The molecule has 0 aliphatic carbocycles. The maximum atomic E-state index is 10.4. The first-order chi connectivity index (χ1) is 5.63. The molecule has 0 aromatic heterocycles. The van der Waals surface area contributed by atoms with E-state index in [1.165, 1.54) is 7.11 Å². The summed E-state index contributed by atoms with van der Waals surface area (Å²) >= 11 is 0. The van der Waals surface area contributed by atoms with Gasteiger partial charge in [-0.05, 0) is 0 Å². The van der Waals surface area contributed by atoms with Crippen molar-refractivity contribution in [2.75, 3.05) is 21.3 Å². The molecule has 0 aliphatic rings. The van der Waals surface area contributed by atoms with Crippen LogP contribution in [-0.2, 0) is 19.1 Å². The fraction of sp³-hybridized carbons (Fsp3) is 0.714. The van der Waals surface area contributed by atoms with E-state index in [9.17, 15) is 9.59 Å². The van der Waals surface area contributed by atoms with Gasteiger partial charge in [-0.2, -0.15) is 0 Å². The van der Waals surface area contributed by atoms with Crippen LogP contribution < -0.4 is 5.73 Å². The zero-order valence-corrected chi connectivity index (χ0v) is 7.57. The average Bonchev–Trinajstić information content (AvgIpc) is 2.05. The number of ether oxygens (including phenoxy) is 2. The number of esters is 1. The molecular formula is C7H15NO4. The van der Waals surface area contributed by atoms with E-state index in [0.29, 0.717) is 6.29 Å². The van der Waals surface area contributed by atoms with E-state index >= 15 is 0 Å². The second kappa shape index (κ2) is 10.1. The maximum Gasteiger partial charge on any atom is 0.323 e. The largest absolute Gasteiger partial charge is 0.468 e. The predicted octanol–water partition coefficient (Wildman–Crippen LogP) is -0.662. The van der Waals surface area contributed by atoms with E-state index < -0.39 is 12.0 Å². The molecule has 0 rings (SSSR count). The fourth-order valence-electron chi connectivity index (χ4n) is 0.351. The Hall–Kier alpha value is -0.940. The third-order valence-corrected chi connectivity index (χ3v) is 0.854. The highest BCUT2D eigenvalue weighted by molar-refractivity contribution is 5.78. The molecule has 0 amide bonds. The van der Waals surface area contributed by atoms with Crippen LogP contribution in [0.5, 0.6) is 0 Å². The molecule has 0 aliphatic heterocycles. The molecule has 12 heavy (non-hydrogen) atoms. The van der Waals surface area contributed by atoms with E-state index in [1.54, 1.807) is 14.2 Å². The predicted molar refractivity (Wildman–Crippen MR) is 43.6 cm³/mol. The first kappa shape index (κ1) is 13.6. The van der Waals surface area contributed by atoms with Crippen LogP contribution in [0, 0.1) is 0 Å². The summed E-state index contributed by atoms with van der Waals surface area (Å²) in [5.74, 6) is -0.554. The zero-order valence-electron chi connectivity index (χ0n) is 7.57. The monoisotopic (exact) mass is 177 g/mol. The van der Waals surface area contributed by atoms with Crippen molar-refractivity contribution < 1.29 is 19.1 Å². The minimum absolute atomic E-state index is 0.0205. The Morgan fingerprint density at radius 3 is 2.17 bits per heavy atom. The topological polar surface area (TPSA) is 78.6 Å². The van der Waals surface area contributed by atoms with Gasteiger partial charge in [0.2, 0.25) is 0 Å². The van der Waals surface area contributed by atoms with Gasteiger partial charge in [-0.15, -0.1) is 0 Å². The van der Waals surface area contributed by atoms with Gasteiger partial charge in [0.25, 0.3) is 0 Å².